The van der Waals surface area contributed by atoms with Crippen molar-refractivity contribution < 1.29 is 9.53 Å². The van der Waals surface area contributed by atoms with Crippen LogP contribution in [0.1, 0.15) is 24.5 Å². The van der Waals surface area contributed by atoms with Crippen LogP contribution in [0.15, 0.2) is 24.3 Å². The lowest BCUT2D eigenvalue weighted by atomic mass is 10.1. The van der Waals surface area contributed by atoms with Crippen molar-refractivity contribution in [2.45, 2.75) is 25.0 Å². The molecular weight excluding hydrogens is 264 g/mol. The number of rotatable bonds is 5. The van der Waals surface area contributed by atoms with E-state index in [0.29, 0.717) is 17.6 Å². The quantitative estimate of drug-likeness (QED) is 0.902. The van der Waals surface area contributed by atoms with Crippen molar-refractivity contribution in [2.75, 3.05) is 20.7 Å². The van der Waals surface area contributed by atoms with E-state index in [4.69, 9.17) is 16.3 Å². The Hall–Kier alpha value is -1.26. The standard InChI is InChI=1S/C14H19ClN2O2/c1-17(12-6-7-12)14(18)16-9-13(19-2)10-4-3-5-11(15)8-10/h3-5,8,12-13H,6-7,9H2,1-2H3,(H,16,18)/t13-/m1/s1. The fraction of sp³-hybridized carbons (Fsp3) is 0.500. The van der Waals surface area contributed by atoms with Crippen molar-refractivity contribution in [3.05, 3.63) is 34.9 Å². The predicted octanol–water partition coefficient (Wildman–Crippen LogP) is 2.83. The van der Waals surface area contributed by atoms with Crippen LogP contribution >= 0.6 is 11.6 Å². The zero-order valence-electron chi connectivity index (χ0n) is 11.2. The van der Waals surface area contributed by atoms with Gasteiger partial charge in [-0.3, -0.25) is 0 Å². The first-order valence-corrected chi connectivity index (χ1v) is 6.78. The molecule has 0 radical (unpaired) electrons. The lowest BCUT2D eigenvalue weighted by molar-refractivity contribution is 0.102. The van der Waals surface area contributed by atoms with Crippen molar-refractivity contribution in [1.82, 2.24) is 10.2 Å². The van der Waals surface area contributed by atoms with Gasteiger partial charge in [0.1, 0.15) is 0 Å². The number of carbonyl (C=O) groups excluding carboxylic acids is 1. The smallest absolute Gasteiger partial charge is 0.317 e. The Bertz CT molecular complexity index is 449. The molecule has 1 aliphatic rings. The third-order valence-corrected chi connectivity index (χ3v) is 3.59. The maximum absolute atomic E-state index is 11.9. The van der Waals surface area contributed by atoms with E-state index in [1.54, 1.807) is 12.0 Å². The number of benzene rings is 1. The van der Waals surface area contributed by atoms with Crippen molar-refractivity contribution in [3.63, 3.8) is 0 Å². The number of nitrogens with one attached hydrogen (secondary N) is 1. The second kappa shape index (κ2) is 6.26. The van der Waals surface area contributed by atoms with E-state index in [1.165, 1.54) is 0 Å². The van der Waals surface area contributed by atoms with Crippen molar-refractivity contribution in [3.8, 4) is 0 Å². The first-order chi connectivity index (χ1) is 9.11. The molecule has 0 bridgehead atoms. The molecule has 2 amide bonds. The molecule has 0 aliphatic heterocycles. The number of methoxy groups -OCH3 is 1. The maximum Gasteiger partial charge on any atom is 0.317 e. The van der Waals surface area contributed by atoms with E-state index in [2.05, 4.69) is 5.32 Å². The van der Waals surface area contributed by atoms with Gasteiger partial charge in [0.05, 0.1) is 6.10 Å². The van der Waals surface area contributed by atoms with Crippen LogP contribution in [0.2, 0.25) is 5.02 Å². The molecule has 1 aliphatic carbocycles. The summed E-state index contributed by atoms with van der Waals surface area (Å²) in [5.41, 5.74) is 0.962. The largest absolute Gasteiger partial charge is 0.375 e. The number of nitrogens with zero attached hydrogens (tertiary/aromatic N) is 1. The first kappa shape index (κ1) is 14.2. The summed E-state index contributed by atoms with van der Waals surface area (Å²) < 4.78 is 5.41. The second-order valence-corrected chi connectivity index (χ2v) is 5.24. The summed E-state index contributed by atoms with van der Waals surface area (Å²) >= 11 is 5.96. The predicted molar refractivity (Wildman–Crippen MR) is 75.4 cm³/mol. The highest BCUT2D eigenvalue weighted by Gasteiger charge is 2.29. The molecule has 19 heavy (non-hydrogen) atoms. The summed E-state index contributed by atoms with van der Waals surface area (Å²) in [4.78, 5) is 13.6. The van der Waals surface area contributed by atoms with Gasteiger partial charge in [-0.2, -0.15) is 0 Å². The fourth-order valence-corrected chi connectivity index (χ4v) is 2.18. The maximum atomic E-state index is 11.9. The van der Waals surface area contributed by atoms with E-state index in [-0.39, 0.29) is 12.1 Å². The first-order valence-electron chi connectivity index (χ1n) is 6.40. The summed E-state index contributed by atoms with van der Waals surface area (Å²) in [6.45, 7) is 0.437. The number of halogens is 1. The lowest BCUT2D eigenvalue weighted by Crippen LogP contribution is -2.40. The van der Waals surface area contributed by atoms with Gasteiger partial charge in [0.2, 0.25) is 0 Å². The van der Waals surface area contributed by atoms with Crippen LogP contribution in [0.25, 0.3) is 0 Å². The second-order valence-electron chi connectivity index (χ2n) is 4.81. The van der Waals surface area contributed by atoms with Crippen LogP contribution in [-0.2, 0) is 4.74 Å². The van der Waals surface area contributed by atoms with Crippen LogP contribution in [0.3, 0.4) is 0 Å². The molecule has 4 nitrogen and oxygen atoms in total. The van der Waals surface area contributed by atoms with Crippen LogP contribution in [0, 0.1) is 0 Å². The zero-order valence-corrected chi connectivity index (χ0v) is 12.0. The van der Waals surface area contributed by atoms with Gasteiger partial charge in [-0.15, -0.1) is 0 Å². The molecule has 1 aromatic carbocycles. The van der Waals surface area contributed by atoms with Crippen LogP contribution in [0.5, 0.6) is 0 Å². The van der Waals surface area contributed by atoms with E-state index >= 15 is 0 Å². The highest BCUT2D eigenvalue weighted by molar-refractivity contribution is 6.30. The molecule has 1 atom stereocenters. The number of ether oxygens (including phenoxy) is 1. The van der Waals surface area contributed by atoms with E-state index < -0.39 is 0 Å². The third kappa shape index (κ3) is 3.85. The molecule has 0 aromatic heterocycles. The molecule has 0 spiro atoms. The molecule has 0 unspecified atom stereocenters. The van der Waals surface area contributed by atoms with Crippen LogP contribution in [0.4, 0.5) is 4.79 Å². The minimum Gasteiger partial charge on any atom is -0.375 e. The van der Waals surface area contributed by atoms with Crippen molar-refractivity contribution >= 4 is 17.6 Å². The van der Waals surface area contributed by atoms with Gasteiger partial charge in [-0.05, 0) is 30.5 Å². The Morgan fingerprint density at radius 1 is 1.58 bits per heavy atom. The van der Waals surface area contributed by atoms with Gasteiger partial charge in [-0.1, -0.05) is 23.7 Å². The van der Waals surface area contributed by atoms with Crippen LogP contribution < -0.4 is 5.32 Å². The number of hydrogen-bond donors (Lipinski definition) is 1. The van der Waals surface area contributed by atoms with Crippen molar-refractivity contribution in [1.29, 1.82) is 0 Å². The highest BCUT2D eigenvalue weighted by atomic mass is 35.5. The molecule has 104 valence electrons. The normalized spacial score (nSPS) is 15.9. The summed E-state index contributed by atoms with van der Waals surface area (Å²) in [7, 11) is 3.45. The number of amides is 2. The molecule has 1 saturated carbocycles. The third-order valence-electron chi connectivity index (χ3n) is 3.36. The Labute approximate surface area is 118 Å². The Balaban J connectivity index is 1.90. The van der Waals surface area contributed by atoms with Gasteiger partial charge in [0.25, 0.3) is 0 Å². The molecular formula is C14H19ClN2O2. The molecule has 2 rings (SSSR count). The number of carbonyl (C=O) groups is 1. The van der Waals surface area contributed by atoms with E-state index in [1.807, 2.05) is 31.3 Å². The SMILES string of the molecule is CO[C@H](CNC(=O)N(C)C1CC1)c1cccc(Cl)c1. The highest BCUT2D eigenvalue weighted by Crippen LogP contribution is 2.25. The van der Waals surface area contributed by atoms with Gasteiger partial charge < -0.3 is 15.0 Å². The Morgan fingerprint density at radius 2 is 2.32 bits per heavy atom. The van der Waals surface area contributed by atoms with Gasteiger partial charge in [0, 0.05) is 31.8 Å². The zero-order chi connectivity index (χ0) is 13.8. The van der Waals surface area contributed by atoms with Crippen LogP contribution in [-0.4, -0.2) is 37.7 Å². The fourth-order valence-electron chi connectivity index (χ4n) is 1.98. The molecule has 1 fully saturated rings. The number of hydrogen-bond acceptors (Lipinski definition) is 2. The average molecular weight is 283 g/mol. The van der Waals surface area contributed by atoms with Crippen molar-refractivity contribution in [2.24, 2.45) is 0 Å². The summed E-state index contributed by atoms with van der Waals surface area (Å²) in [5.74, 6) is 0. The summed E-state index contributed by atoms with van der Waals surface area (Å²) in [5, 5.41) is 3.56. The van der Waals surface area contributed by atoms with Gasteiger partial charge >= 0.3 is 6.03 Å². The number of urea groups is 1. The lowest BCUT2D eigenvalue weighted by Gasteiger charge is -2.21. The molecule has 5 heteroatoms. The van der Waals surface area contributed by atoms with E-state index in [9.17, 15) is 4.79 Å². The van der Waals surface area contributed by atoms with E-state index in [0.717, 1.165) is 18.4 Å². The van der Waals surface area contributed by atoms with Gasteiger partial charge in [0.15, 0.2) is 0 Å². The minimum absolute atomic E-state index is 0.0495. The summed E-state index contributed by atoms with van der Waals surface area (Å²) in [6.07, 6.45) is 2.02. The molecule has 1 aromatic rings. The summed E-state index contributed by atoms with van der Waals surface area (Å²) in [6, 6.07) is 7.85. The molecule has 0 heterocycles. The topological polar surface area (TPSA) is 41.6 Å². The molecule has 0 saturated heterocycles. The Morgan fingerprint density at radius 3 is 2.89 bits per heavy atom. The Kier molecular flexibility index (Phi) is 4.66. The average Bonchev–Trinajstić information content (AvgIpc) is 3.22. The monoisotopic (exact) mass is 282 g/mol. The molecule has 1 N–H and O–H groups in total. The van der Waals surface area contributed by atoms with Gasteiger partial charge in [-0.25, -0.2) is 4.79 Å². The minimum atomic E-state index is -0.185.